The zero-order chi connectivity index (χ0) is 16.4. The number of carbonyl (C=O) groups is 1. The van der Waals surface area contributed by atoms with Crippen molar-refractivity contribution in [2.45, 2.75) is 25.9 Å². The van der Waals surface area contributed by atoms with E-state index in [1.165, 1.54) is 17.7 Å². The van der Waals surface area contributed by atoms with Gasteiger partial charge in [0.1, 0.15) is 0 Å². The summed E-state index contributed by atoms with van der Waals surface area (Å²) in [5.41, 5.74) is 2.53. The summed E-state index contributed by atoms with van der Waals surface area (Å²) in [6.45, 7) is 4.47. The molecule has 2 heterocycles. The van der Waals surface area contributed by atoms with Crippen LogP contribution < -0.4 is 0 Å². The Bertz CT molecular complexity index is 684. The molecule has 1 unspecified atom stereocenters. The van der Waals surface area contributed by atoms with Gasteiger partial charge in [0, 0.05) is 25.7 Å². The number of carbonyl (C=O) groups excluding carboxylic acids is 1. The largest absolute Gasteiger partial charge is 0.359 e. The normalized spacial score (nSPS) is 17.8. The molecule has 6 heteroatoms. The van der Waals surface area contributed by atoms with Crippen LogP contribution >= 0.6 is 0 Å². The standard InChI is InChI=1S/C17H21N3O3/c1-12-9-20(10-13-7-5-4-6-8-13)11-14-15(12)16(18-23-14)17(21)19(2)22-3/h4-8,12H,9-11H2,1-3H3. The predicted molar refractivity (Wildman–Crippen MR) is 84.6 cm³/mol. The molecule has 122 valence electrons. The Morgan fingerprint density at radius 3 is 2.87 bits per heavy atom. The highest BCUT2D eigenvalue weighted by molar-refractivity contribution is 5.93. The van der Waals surface area contributed by atoms with Crippen molar-refractivity contribution in [3.8, 4) is 0 Å². The molecule has 0 spiro atoms. The number of aromatic nitrogens is 1. The number of amides is 1. The van der Waals surface area contributed by atoms with Gasteiger partial charge < -0.3 is 4.52 Å². The summed E-state index contributed by atoms with van der Waals surface area (Å²) < 4.78 is 5.45. The van der Waals surface area contributed by atoms with Crippen LogP contribution in [0, 0.1) is 0 Å². The third-order valence-electron chi connectivity index (χ3n) is 4.21. The zero-order valence-electron chi connectivity index (χ0n) is 13.7. The number of rotatable bonds is 4. The lowest BCUT2D eigenvalue weighted by Crippen LogP contribution is -2.33. The van der Waals surface area contributed by atoms with Gasteiger partial charge in [0.15, 0.2) is 11.5 Å². The van der Waals surface area contributed by atoms with E-state index in [-0.39, 0.29) is 11.8 Å². The molecular weight excluding hydrogens is 294 g/mol. The van der Waals surface area contributed by atoms with Gasteiger partial charge in [-0.1, -0.05) is 42.4 Å². The highest BCUT2D eigenvalue weighted by Crippen LogP contribution is 2.32. The Morgan fingerprint density at radius 2 is 2.17 bits per heavy atom. The van der Waals surface area contributed by atoms with Crippen molar-refractivity contribution in [3.05, 3.63) is 52.9 Å². The van der Waals surface area contributed by atoms with Crippen molar-refractivity contribution in [2.24, 2.45) is 0 Å². The zero-order valence-corrected chi connectivity index (χ0v) is 13.7. The maximum absolute atomic E-state index is 12.3. The average molecular weight is 315 g/mol. The molecule has 23 heavy (non-hydrogen) atoms. The summed E-state index contributed by atoms with van der Waals surface area (Å²) in [7, 11) is 3.02. The van der Waals surface area contributed by atoms with Gasteiger partial charge in [-0.25, -0.2) is 5.06 Å². The third-order valence-corrected chi connectivity index (χ3v) is 4.21. The van der Waals surface area contributed by atoms with Gasteiger partial charge in [0.2, 0.25) is 0 Å². The van der Waals surface area contributed by atoms with E-state index in [9.17, 15) is 4.79 Å². The fourth-order valence-corrected chi connectivity index (χ4v) is 3.05. The second-order valence-electron chi connectivity index (χ2n) is 5.91. The van der Waals surface area contributed by atoms with Gasteiger partial charge in [-0.3, -0.25) is 14.5 Å². The Labute approximate surface area is 135 Å². The minimum atomic E-state index is -0.277. The van der Waals surface area contributed by atoms with Crippen LogP contribution in [0.4, 0.5) is 0 Å². The first kappa shape index (κ1) is 15.7. The van der Waals surface area contributed by atoms with Crippen LogP contribution in [-0.2, 0) is 17.9 Å². The highest BCUT2D eigenvalue weighted by atomic mass is 16.7. The van der Waals surface area contributed by atoms with Crippen LogP contribution in [-0.4, -0.2) is 41.7 Å². The fraction of sp³-hybridized carbons (Fsp3) is 0.412. The van der Waals surface area contributed by atoms with E-state index in [4.69, 9.17) is 9.36 Å². The Balaban J connectivity index is 1.80. The highest BCUT2D eigenvalue weighted by Gasteiger charge is 2.33. The number of nitrogens with zero attached hydrogens (tertiary/aromatic N) is 3. The van der Waals surface area contributed by atoms with Gasteiger partial charge in [-0.15, -0.1) is 0 Å². The predicted octanol–water partition coefficient (Wildman–Crippen LogP) is 2.43. The molecule has 6 nitrogen and oxygen atoms in total. The van der Waals surface area contributed by atoms with Crippen LogP contribution in [0.5, 0.6) is 0 Å². The molecule has 0 radical (unpaired) electrons. The van der Waals surface area contributed by atoms with Crippen LogP contribution in [0.1, 0.15) is 40.2 Å². The maximum atomic E-state index is 12.3. The van der Waals surface area contributed by atoms with Crippen molar-refractivity contribution < 1.29 is 14.2 Å². The second-order valence-corrected chi connectivity index (χ2v) is 5.91. The van der Waals surface area contributed by atoms with E-state index < -0.39 is 0 Å². The lowest BCUT2D eigenvalue weighted by molar-refractivity contribution is -0.0763. The van der Waals surface area contributed by atoms with E-state index in [1.54, 1.807) is 7.05 Å². The van der Waals surface area contributed by atoms with Gasteiger partial charge in [-0.05, 0) is 11.5 Å². The van der Waals surface area contributed by atoms with Crippen LogP contribution in [0.15, 0.2) is 34.9 Å². The number of hydrogen-bond donors (Lipinski definition) is 0. The molecule has 1 aromatic heterocycles. The molecule has 1 aromatic carbocycles. The number of benzene rings is 1. The van der Waals surface area contributed by atoms with E-state index in [0.29, 0.717) is 12.2 Å². The first-order valence-electron chi connectivity index (χ1n) is 7.67. The van der Waals surface area contributed by atoms with E-state index in [1.807, 2.05) is 18.2 Å². The van der Waals surface area contributed by atoms with Crippen molar-refractivity contribution in [1.82, 2.24) is 15.1 Å². The number of hydrogen-bond acceptors (Lipinski definition) is 5. The molecule has 0 aliphatic carbocycles. The van der Waals surface area contributed by atoms with Gasteiger partial charge in [0.25, 0.3) is 5.91 Å². The summed E-state index contributed by atoms with van der Waals surface area (Å²) in [4.78, 5) is 19.6. The smallest absolute Gasteiger partial charge is 0.299 e. The average Bonchev–Trinajstić information content (AvgIpc) is 2.98. The van der Waals surface area contributed by atoms with Crippen molar-refractivity contribution >= 4 is 5.91 Å². The quantitative estimate of drug-likeness (QED) is 0.811. The monoisotopic (exact) mass is 315 g/mol. The maximum Gasteiger partial charge on any atom is 0.299 e. The Kier molecular flexibility index (Phi) is 4.45. The molecule has 0 N–H and O–H groups in total. The molecule has 2 aromatic rings. The van der Waals surface area contributed by atoms with Crippen molar-refractivity contribution in [1.29, 1.82) is 0 Å². The molecule has 0 saturated carbocycles. The van der Waals surface area contributed by atoms with Gasteiger partial charge in [-0.2, -0.15) is 0 Å². The number of fused-ring (bicyclic) bond motifs is 1. The lowest BCUT2D eigenvalue weighted by Gasteiger charge is -2.30. The van der Waals surface area contributed by atoms with Crippen LogP contribution in [0.2, 0.25) is 0 Å². The molecule has 3 rings (SSSR count). The summed E-state index contributed by atoms with van der Waals surface area (Å²) in [5.74, 6) is 0.673. The number of hydroxylamine groups is 2. The molecule has 1 aliphatic rings. The summed E-state index contributed by atoms with van der Waals surface area (Å²) >= 11 is 0. The second kappa shape index (κ2) is 6.52. The van der Waals surface area contributed by atoms with E-state index in [0.717, 1.165) is 24.4 Å². The molecule has 1 amide bonds. The summed E-state index contributed by atoms with van der Waals surface area (Å²) in [5, 5.41) is 5.15. The first-order valence-corrected chi connectivity index (χ1v) is 7.67. The molecular formula is C17H21N3O3. The Morgan fingerprint density at radius 1 is 1.43 bits per heavy atom. The van der Waals surface area contributed by atoms with E-state index >= 15 is 0 Å². The first-order chi connectivity index (χ1) is 11.1. The molecule has 1 atom stereocenters. The SMILES string of the molecule is CON(C)C(=O)c1noc2c1C(C)CN(Cc1ccccc1)C2. The summed E-state index contributed by atoms with van der Waals surface area (Å²) in [6, 6.07) is 10.3. The van der Waals surface area contributed by atoms with Crippen molar-refractivity contribution in [2.75, 3.05) is 20.7 Å². The minimum Gasteiger partial charge on any atom is -0.359 e. The summed E-state index contributed by atoms with van der Waals surface area (Å²) in [6.07, 6.45) is 0. The lowest BCUT2D eigenvalue weighted by atomic mass is 9.93. The van der Waals surface area contributed by atoms with Crippen LogP contribution in [0.25, 0.3) is 0 Å². The molecule has 1 aliphatic heterocycles. The van der Waals surface area contributed by atoms with Crippen molar-refractivity contribution in [3.63, 3.8) is 0 Å². The van der Waals surface area contributed by atoms with Crippen LogP contribution in [0.3, 0.4) is 0 Å². The third kappa shape index (κ3) is 3.13. The fourth-order valence-electron chi connectivity index (χ4n) is 3.05. The Hall–Kier alpha value is -2.18. The van der Waals surface area contributed by atoms with E-state index in [2.05, 4.69) is 29.1 Å². The van der Waals surface area contributed by atoms with Gasteiger partial charge >= 0.3 is 0 Å². The molecule has 0 fully saturated rings. The molecule has 0 saturated heterocycles. The molecule has 0 bridgehead atoms. The topological polar surface area (TPSA) is 58.8 Å². The van der Waals surface area contributed by atoms with Gasteiger partial charge in [0.05, 0.1) is 13.7 Å². The minimum absolute atomic E-state index is 0.179.